The van der Waals surface area contributed by atoms with Crippen LogP contribution in [0.5, 0.6) is 0 Å². The Morgan fingerprint density at radius 3 is 2.30 bits per heavy atom. The maximum atomic E-state index is 11.6. The number of carbonyl (C=O) groups is 2. The molecule has 0 saturated heterocycles. The van der Waals surface area contributed by atoms with Crippen molar-refractivity contribution in [2.75, 3.05) is 13.1 Å². The first-order chi connectivity index (χ1) is 9.34. The van der Waals surface area contributed by atoms with E-state index in [0.29, 0.717) is 12.5 Å². The number of rotatable bonds is 7. The van der Waals surface area contributed by atoms with Gasteiger partial charge in [-0.2, -0.15) is 0 Å². The van der Waals surface area contributed by atoms with E-state index in [4.69, 9.17) is 10.2 Å². The van der Waals surface area contributed by atoms with Crippen LogP contribution in [0.1, 0.15) is 46.0 Å². The van der Waals surface area contributed by atoms with Crippen LogP contribution in [0.2, 0.25) is 0 Å². The number of hydrogen-bond acceptors (Lipinski definition) is 3. The van der Waals surface area contributed by atoms with E-state index in [1.165, 1.54) is 12.8 Å². The van der Waals surface area contributed by atoms with Crippen molar-refractivity contribution in [3.05, 3.63) is 0 Å². The predicted octanol–water partition coefficient (Wildman–Crippen LogP) is 1.34. The minimum absolute atomic E-state index is 0.178. The van der Waals surface area contributed by atoms with Crippen LogP contribution in [0.25, 0.3) is 0 Å². The fraction of sp³-hybridized carbons (Fsp3) is 0.857. The molecule has 116 valence electrons. The molecule has 0 heterocycles. The molecule has 0 bridgehead atoms. The molecule has 20 heavy (non-hydrogen) atoms. The average molecular weight is 286 g/mol. The number of aliphatic hydroxyl groups is 1. The largest absolute Gasteiger partial charge is 0.479 e. The highest BCUT2D eigenvalue weighted by molar-refractivity contribution is 5.76. The third kappa shape index (κ3) is 5.36. The third-order valence-electron chi connectivity index (χ3n) is 3.87. The van der Waals surface area contributed by atoms with E-state index in [0.717, 1.165) is 19.3 Å². The number of amides is 2. The van der Waals surface area contributed by atoms with Crippen molar-refractivity contribution in [2.24, 2.45) is 11.3 Å². The van der Waals surface area contributed by atoms with Crippen molar-refractivity contribution < 1.29 is 19.8 Å². The van der Waals surface area contributed by atoms with Crippen LogP contribution in [0.4, 0.5) is 4.79 Å². The Hall–Kier alpha value is -1.30. The van der Waals surface area contributed by atoms with E-state index in [1.807, 2.05) is 0 Å². The number of urea groups is 1. The van der Waals surface area contributed by atoms with Gasteiger partial charge < -0.3 is 20.8 Å². The quantitative estimate of drug-likeness (QED) is 0.567. The van der Waals surface area contributed by atoms with Gasteiger partial charge in [-0.15, -0.1) is 0 Å². The summed E-state index contributed by atoms with van der Waals surface area (Å²) in [7, 11) is 0. The van der Waals surface area contributed by atoms with Crippen molar-refractivity contribution in [3.63, 3.8) is 0 Å². The van der Waals surface area contributed by atoms with Crippen LogP contribution in [0, 0.1) is 11.3 Å². The lowest BCUT2D eigenvalue weighted by Gasteiger charge is -2.31. The number of aliphatic carboxylic acids is 1. The predicted molar refractivity (Wildman–Crippen MR) is 75.4 cm³/mol. The van der Waals surface area contributed by atoms with Crippen LogP contribution in [-0.2, 0) is 4.79 Å². The Kier molecular flexibility index (Phi) is 6.26. The van der Waals surface area contributed by atoms with Gasteiger partial charge in [0.05, 0.1) is 6.54 Å². The summed E-state index contributed by atoms with van der Waals surface area (Å²) in [6, 6.07) is -0.416. The molecule has 0 spiro atoms. The number of carboxylic acid groups (broad SMARTS) is 1. The SMILES string of the molecule is CC(C)CC1(CNC(=O)NCC(O)C(=O)O)CCCC1. The van der Waals surface area contributed by atoms with Crippen LogP contribution in [0.3, 0.4) is 0 Å². The second kappa shape index (κ2) is 7.47. The monoisotopic (exact) mass is 286 g/mol. The third-order valence-corrected chi connectivity index (χ3v) is 3.87. The fourth-order valence-electron chi connectivity index (χ4n) is 3.05. The maximum Gasteiger partial charge on any atom is 0.334 e. The fourth-order valence-corrected chi connectivity index (χ4v) is 3.05. The number of nitrogens with one attached hydrogen (secondary N) is 2. The number of hydrogen-bond donors (Lipinski definition) is 4. The van der Waals surface area contributed by atoms with Crippen LogP contribution >= 0.6 is 0 Å². The van der Waals surface area contributed by atoms with E-state index >= 15 is 0 Å². The Labute approximate surface area is 119 Å². The maximum absolute atomic E-state index is 11.6. The summed E-state index contributed by atoms with van der Waals surface area (Å²) in [5, 5.41) is 22.8. The molecule has 0 aliphatic heterocycles. The van der Waals surface area contributed by atoms with Gasteiger partial charge in [-0.3, -0.25) is 0 Å². The van der Waals surface area contributed by atoms with E-state index < -0.39 is 18.1 Å². The smallest absolute Gasteiger partial charge is 0.334 e. The molecule has 4 N–H and O–H groups in total. The highest BCUT2D eigenvalue weighted by Gasteiger charge is 2.34. The summed E-state index contributed by atoms with van der Waals surface area (Å²) < 4.78 is 0. The molecule has 0 aromatic heterocycles. The molecule has 6 nitrogen and oxygen atoms in total. The molecule has 1 fully saturated rings. The average Bonchev–Trinajstić information content (AvgIpc) is 2.81. The zero-order valence-corrected chi connectivity index (χ0v) is 12.3. The zero-order valence-electron chi connectivity index (χ0n) is 12.3. The van der Waals surface area contributed by atoms with Gasteiger partial charge in [-0.05, 0) is 30.6 Å². The van der Waals surface area contributed by atoms with Gasteiger partial charge in [0.25, 0.3) is 0 Å². The van der Waals surface area contributed by atoms with Gasteiger partial charge in [-0.1, -0.05) is 26.7 Å². The summed E-state index contributed by atoms with van der Waals surface area (Å²) in [6.07, 6.45) is 4.19. The van der Waals surface area contributed by atoms with Crippen molar-refractivity contribution in [3.8, 4) is 0 Å². The van der Waals surface area contributed by atoms with Crippen LogP contribution < -0.4 is 10.6 Å². The molecule has 0 aromatic carbocycles. The van der Waals surface area contributed by atoms with Gasteiger partial charge in [0.1, 0.15) is 0 Å². The molecule has 6 heteroatoms. The lowest BCUT2D eigenvalue weighted by molar-refractivity contribution is -0.146. The topological polar surface area (TPSA) is 98.7 Å². The van der Waals surface area contributed by atoms with Crippen molar-refractivity contribution in [2.45, 2.75) is 52.1 Å². The Bertz CT molecular complexity index is 338. The van der Waals surface area contributed by atoms with E-state index in [2.05, 4.69) is 24.5 Å². The molecular formula is C14H26N2O4. The van der Waals surface area contributed by atoms with Crippen molar-refractivity contribution in [1.29, 1.82) is 0 Å². The highest BCUT2D eigenvalue weighted by atomic mass is 16.4. The van der Waals surface area contributed by atoms with Gasteiger partial charge in [0, 0.05) is 6.54 Å². The highest BCUT2D eigenvalue weighted by Crippen LogP contribution is 2.42. The molecule has 1 aliphatic rings. The minimum atomic E-state index is -1.56. The summed E-state index contributed by atoms with van der Waals surface area (Å²) >= 11 is 0. The number of carbonyl (C=O) groups excluding carboxylic acids is 1. The number of carboxylic acids is 1. The molecule has 1 aliphatic carbocycles. The molecule has 0 aromatic rings. The van der Waals surface area contributed by atoms with Crippen molar-refractivity contribution in [1.82, 2.24) is 10.6 Å². The summed E-state index contributed by atoms with van der Waals surface area (Å²) in [6.45, 7) is 4.70. The summed E-state index contributed by atoms with van der Waals surface area (Å²) in [4.78, 5) is 22.1. The molecule has 1 unspecified atom stereocenters. The second-order valence-corrected chi connectivity index (χ2v) is 6.22. The lowest BCUT2D eigenvalue weighted by atomic mass is 9.78. The van der Waals surface area contributed by atoms with Gasteiger partial charge in [0.2, 0.25) is 0 Å². The molecule has 2 amide bonds. The van der Waals surface area contributed by atoms with Gasteiger partial charge >= 0.3 is 12.0 Å². The molecule has 1 atom stereocenters. The zero-order chi connectivity index (χ0) is 15.2. The number of aliphatic hydroxyl groups excluding tert-OH is 1. The van der Waals surface area contributed by atoms with Crippen molar-refractivity contribution >= 4 is 12.0 Å². The molecule has 1 rings (SSSR count). The molecule has 1 saturated carbocycles. The van der Waals surface area contributed by atoms with E-state index in [-0.39, 0.29) is 12.0 Å². The second-order valence-electron chi connectivity index (χ2n) is 6.22. The Balaban J connectivity index is 2.36. The standard InChI is InChI=1S/C14H26N2O4/c1-10(2)7-14(5-3-4-6-14)9-16-13(20)15-8-11(17)12(18)19/h10-11,17H,3-9H2,1-2H3,(H,18,19)(H2,15,16,20). The first-order valence-electron chi connectivity index (χ1n) is 7.27. The van der Waals surface area contributed by atoms with Gasteiger partial charge in [0.15, 0.2) is 6.10 Å². The minimum Gasteiger partial charge on any atom is -0.479 e. The van der Waals surface area contributed by atoms with E-state index in [1.54, 1.807) is 0 Å². The van der Waals surface area contributed by atoms with Gasteiger partial charge in [-0.25, -0.2) is 9.59 Å². The summed E-state index contributed by atoms with van der Waals surface area (Å²) in [5.74, 6) is -0.746. The molecule has 0 radical (unpaired) electrons. The molecular weight excluding hydrogens is 260 g/mol. The first-order valence-corrected chi connectivity index (χ1v) is 7.27. The first kappa shape index (κ1) is 16.8. The van der Waals surface area contributed by atoms with Crippen LogP contribution in [0.15, 0.2) is 0 Å². The Morgan fingerprint density at radius 2 is 1.80 bits per heavy atom. The summed E-state index contributed by atoms with van der Waals surface area (Å²) in [5.41, 5.74) is 0.178. The normalized spacial score (nSPS) is 18.8. The lowest BCUT2D eigenvalue weighted by Crippen LogP contribution is -2.45. The Morgan fingerprint density at radius 1 is 1.20 bits per heavy atom. The van der Waals surface area contributed by atoms with E-state index in [9.17, 15) is 9.59 Å². The van der Waals surface area contributed by atoms with Crippen LogP contribution in [-0.4, -0.2) is 41.4 Å².